The van der Waals surface area contributed by atoms with Gasteiger partial charge in [-0.2, -0.15) is 0 Å². The van der Waals surface area contributed by atoms with Gasteiger partial charge in [0.15, 0.2) is 25.3 Å². The summed E-state index contributed by atoms with van der Waals surface area (Å²) in [7, 11) is -1.35. The van der Waals surface area contributed by atoms with Crippen LogP contribution in [0.25, 0.3) is 10.8 Å². The second kappa shape index (κ2) is 15.3. The van der Waals surface area contributed by atoms with E-state index in [-0.39, 0.29) is 52.5 Å². The summed E-state index contributed by atoms with van der Waals surface area (Å²) in [5.41, 5.74) is -5.50. The molecule has 0 radical (unpaired) electrons. The van der Waals surface area contributed by atoms with E-state index >= 15 is 9.59 Å². The van der Waals surface area contributed by atoms with E-state index in [2.05, 4.69) is 25.6 Å². The number of hydrogen-bond donors (Lipinski definition) is 3. The number of aryl methyl sites for hydroxylation is 1. The monoisotopic (exact) mass is 779 g/mol. The number of carbonyl (C=O) groups is 2. The van der Waals surface area contributed by atoms with Crippen molar-refractivity contribution in [3.05, 3.63) is 52.3 Å². The Morgan fingerprint density at radius 2 is 1.62 bits per heavy atom. The molecule has 2 aliphatic rings. The fourth-order valence-corrected chi connectivity index (χ4v) is 9.09. The highest BCUT2D eigenvalue weighted by atomic mass is 28.4. The van der Waals surface area contributed by atoms with Gasteiger partial charge in [0.1, 0.15) is 29.1 Å². The largest absolute Gasteiger partial charge is 0.506 e. The number of aromatic hydroxyl groups is 1. The van der Waals surface area contributed by atoms with Gasteiger partial charge in [-0.3, -0.25) is 9.59 Å². The van der Waals surface area contributed by atoms with Crippen molar-refractivity contribution in [2.24, 2.45) is 0 Å². The second-order valence-corrected chi connectivity index (χ2v) is 22.0. The maximum absolute atomic E-state index is 15.5. The highest BCUT2D eigenvalue weighted by Crippen LogP contribution is 2.59. The lowest BCUT2D eigenvalue weighted by molar-refractivity contribution is -0.161. The molecule has 3 N–H and O–H groups in total. The van der Waals surface area contributed by atoms with E-state index in [1.807, 2.05) is 60.7 Å². The average Bonchev–Trinajstić information content (AvgIpc) is 3.51. The molecule has 55 heavy (non-hydrogen) atoms. The minimum absolute atomic E-state index is 0.0239. The number of phenols is 1. The van der Waals surface area contributed by atoms with Crippen LogP contribution in [0, 0.1) is 0 Å². The Labute approximate surface area is 326 Å². The van der Waals surface area contributed by atoms with Crippen molar-refractivity contribution in [1.29, 1.82) is 0 Å². The van der Waals surface area contributed by atoms with Gasteiger partial charge in [0.25, 0.3) is 5.88 Å². The molecule has 0 aliphatic heterocycles. The first kappa shape index (κ1) is 42.4. The Kier molecular flexibility index (Phi) is 11.8. The van der Waals surface area contributed by atoms with Crippen molar-refractivity contribution in [1.82, 2.24) is 5.16 Å². The van der Waals surface area contributed by atoms with Gasteiger partial charge in [-0.25, -0.2) is 0 Å². The molecule has 0 amide bonds. The van der Waals surface area contributed by atoms with E-state index in [0.29, 0.717) is 48.1 Å². The van der Waals surface area contributed by atoms with E-state index in [1.165, 1.54) is 0 Å². The Bertz CT molecular complexity index is 1970. The fourth-order valence-electron chi connectivity index (χ4n) is 7.86. The first-order valence-corrected chi connectivity index (χ1v) is 22.6. The normalized spacial score (nSPS) is 21.3. The van der Waals surface area contributed by atoms with Gasteiger partial charge in [0.2, 0.25) is 5.78 Å². The average molecular weight is 780 g/mol. The molecule has 1 heterocycles. The highest BCUT2D eigenvalue weighted by Gasteiger charge is 2.73. The van der Waals surface area contributed by atoms with Crippen LogP contribution in [0.2, 0.25) is 18.1 Å². The van der Waals surface area contributed by atoms with Crippen LogP contribution < -0.4 is 14.2 Å². The van der Waals surface area contributed by atoms with E-state index in [9.17, 15) is 15.3 Å². The number of methoxy groups -OCH3 is 1. The molecule has 5 rings (SSSR count). The number of unbranched alkanes of at least 4 members (excludes halogenated alkanes) is 2. The van der Waals surface area contributed by atoms with Crippen LogP contribution in [0.1, 0.15) is 143 Å². The number of ether oxygens (including phenoxy) is 3. The van der Waals surface area contributed by atoms with Crippen molar-refractivity contribution in [3.8, 4) is 23.1 Å². The molecule has 0 bridgehead atoms. The molecule has 11 nitrogen and oxygen atoms in total. The molecule has 0 unspecified atom stereocenters. The van der Waals surface area contributed by atoms with Crippen LogP contribution in [0.15, 0.2) is 23.2 Å². The summed E-state index contributed by atoms with van der Waals surface area (Å²) < 4.78 is 31.0. The first-order chi connectivity index (χ1) is 25.7. The van der Waals surface area contributed by atoms with Gasteiger partial charge < -0.3 is 38.5 Å². The second-order valence-electron chi connectivity index (χ2n) is 17.3. The van der Waals surface area contributed by atoms with E-state index in [4.69, 9.17) is 23.2 Å². The Balaban J connectivity index is 1.92. The summed E-state index contributed by atoms with van der Waals surface area (Å²) in [6.45, 7) is 24.4. The Hall–Kier alpha value is -3.71. The smallest absolute Gasteiger partial charge is 0.260 e. The number of phenolic OH excluding ortho intramolecular Hbond substituents is 1. The molecule has 0 saturated carbocycles. The van der Waals surface area contributed by atoms with Gasteiger partial charge in [-0.15, -0.1) is 6.58 Å². The summed E-state index contributed by atoms with van der Waals surface area (Å²) in [6.07, 6.45) is 4.31. The quantitative estimate of drug-likeness (QED) is 0.0725. The van der Waals surface area contributed by atoms with Crippen molar-refractivity contribution >= 4 is 30.7 Å². The molecule has 3 atom stereocenters. The third kappa shape index (κ3) is 6.70. The van der Waals surface area contributed by atoms with Gasteiger partial charge in [-0.1, -0.05) is 74.3 Å². The third-order valence-electron chi connectivity index (χ3n) is 12.2. The number of rotatable bonds is 16. The lowest BCUT2D eigenvalue weighted by Gasteiger charge is -2.53. The molecule has 0 spiro atoms. The number of ketones is 2. The van der Waals surface area contributed by atoms with Crippen LogP contribution in [0.3, 0.4) is 0 Å². The molecule has 0 saturated heterocycles. The number of fused-ring (bicyclic) bond motifs is 4. The van der Waals surface area contributed by atoms with Gasteiger partial charge in [0.05, 0.1) is 36.8 Å². The van der Waals surface area contributed by atoms with Crippen LogP contribution in [-0.4, -0.2) is 71.9 Å². The number of aliphatic hydroxyl groups is 2. The van der Waals surface area contributed by atoms with Crippen LogP contribution >= 0.6 is 0 Å². The van der Waals surface area contributed by atoms with Gasteiger partial charge in [-0.05, 0) is 66.4 Å². The van der Waals surface area contributed by atoms with E-state index < -0.39 is 59.8 Å². The minimum Gasteiger partial charge on any atom is -0.506 e. The molecular formula is C43H61NO10Si. The van der Waals surface area contributed by atoms with E-state index in [1.54, 1.807) is 13.2 Å². The number of aromatic nitrogens is 1. The minimum atomic E-state index is -2.91. The fraction of sp³-hybridized carbons (Fsp3) is 0.605. The zero-order valence-corrected chi connectivity index (χ0v) is 35.7. The van der Waals surface area contributed by atoms with Crippen molar-refractivity contribution in [2.75, 3.05) is 20.3 Å². The number of hydrogen-bond acceptors (Lipinski definition) is 11. The first-order valence-electron chi connectivity index (χ1n) is 19.7. The molecule has 302 valence electrons. The zero-order valence-electron chi connectivity index (χ0n) is 34.7. The van der Waals surface area contributed by atoms with Crippen LogP contribution in [0.5, 0.6) is 23.1 Å². The number of nitrogens with zero attached hydrogens (tertiary/aromatic N) is 1. The van der Waals surface area contributed by atoms with Gasteiger partial charge >= 0.3 is 0 Å². The molecule has 2 aliphatic carbocycles. The standard InChI is InChI=1S/C43H61NO10Si/c1-13-17-20-41(8,9)34-27(50-10)23-26(51-21-18-14-2)31-29(34)25(16-4)30-33(35(31)45)37(47)43(49)38(54-55(11,12)40(5,6)7)32-28(24-42(43,48)36(30)46)53-44-39(32)52-22-19-15-3/h13,23,38,45,48-49H,1,14-22,24H2,2-12H3/t38-,42+,43+/m1/s1. The molecular weight excluding hydrogens is 719 g/mol. The molecule has 1 aromatic heterocycles. The summed E-state index contributed by atoms with van der Waals surface area (Å²) >= 11 is 0. The summed E-state index contributed by atoms with van der Waals surface area (Å²) in [5, 5.41) is 43.0. The van der Waals surface area contributed by atoms with Gasteiger partial charge in [0, 0.05) is 29.0 Å². The van der Waals surface area contributed by atoms with Crippen LogP contribution in [-0.2, 0) is 22.7 Å². The maximum atomic E-state index is 15.5. The lowest BCUT2D eigenvalue weighted by Crippen LogP contribution is -2.73. The topological polar surface area (TPSA) is 158 Å². The van der Waals surface area contributed by atoms with Crippen molar-refractivity contribution in [3.63, 3.8) is 0 Å². The zero-order chi connectivity index (χ0) is 40.9. The number of allylic oxidation sites excluding steroid dienone is 1. The summed E-state index contributed by atoms with van der Waals surface area (Å²) in [4.78, 5) is 30.8. The number of carbonyl (C=O) groups excluding carboxylic acids is 2. The Morgan fingerprint density at radius 1 is 0.982 bits per heavy atom. The van der Waals surface area contributed by atoms with Crippen LogP contribution in [0.4, 0.5) is 0 Å². The predicted molar refractivity (Wildman–Crippen MR) is 215 cm³/mol. The number of benzene rings is 2. The van der Waals surface area contributed by atoms with E-state index in [0.717, 1.165) is 19.3 Å². The molecule has 3 aromatic rings. The predicted octanol–water partition coefficient (Wildman–Crippen LogP) is 8.87. The molecule has 0 fully saturated rings. The Morgan fingerprint density at radius 3 is 2.18 bits per heavy atom. The third-order valence-corrected chi connectivity index (χ3v) is 16.6. The number of Topliss-reactive ketones (excluding diaryl/α,β-unsaturated/α-hetero) is 2. The maximum Gasteiger partial charge on any atom is 0.260 e. The summed E-state index contributed by atoms with van der Waals surface area (Å²) in [6, 6.07) is 1.72. The highest BCUT2D eigenvalue weighted by molar-refractivity contribution is 6.74. The molecule has 12 heteroatoms. The molecule has 2 aromatic carbocycles. The SMILES string of the molecule is C=CCCC(C)(C)c1c(OC)cc(OCCCC)c2c(O)c3c(c(CC)c12)C(=O)[C@@]1(O)Cc2onc(OCCCC)c2[C@@H](O[Si](C)(C)C(C)(C)C)[C@@]1(O)C3=O. The van der Waals surface area contributed by atoms with Crippen molar-refractivity contribution in [2.45, 2.75) is 148 Å². The van der Waals surface area contributed by atoms with Crippen molar-refractivity contribution < 1.29 is 48.1 Å². The lowest BCUT2D eigenvalue weighted by atomic mass is 9.58. The summed E-state index contributed by atoms with van der Waals surface area (Å²) in [5.74, 6) is -1.62.